The highest BCUT2D eigenvalue weighted by Crippen LogP contribution is 2.26. The van der Waals surface area contributed by atoms with E-state index in [1.807, 2.05) is 43.2 Å². The molecule has 0 aliphatic rings. The predicted molar refractivity (Wildman–Crippen MR) is 365 cm³/mol. The van der Waals surface area contributed by atoms with Gasteiger partial charge in [-0.3, -0.25) is 29.1 Å². The topological polar surface area (TPSA) is 179 Å². The van der Waals surface area contributed by atoms with E-state index in [4.69, 9.17) is 30.4 Å². The van der Waals surface area contributed by atoms with Crippen molar-refractivity contribution >= 4 is 116 Å². The van der Waals surface area contributed by atoms with E-state index in [-0.39, 0.29) is 55.5 Å². The molecule has 81 heavy (non-hydrogen) atoms. The van der Waals surface area contributed by atoms with Crippen molar-refractivity contribution in [3.63, 3.8) is 0 Å². The molecule has 0 aromatic heterocycles. The molecule has 0 atom stereocenters. The van der Waals surface area contributed by atoms with Crippen molar-refractivity contribution in [2.24, 2.45) is 16.5 Å². The van der Waals surface area contributed by atoms with Crippen molar-refractivity contribution in [2.75, 3.05) is 138 Å². The summed E-state index contributed by atoms with van der Waals surface area (Å²) in [6.45, 7) is 15.5. The Morgan fingerprint density at radius 1 is 0.309 bits per heavy atom. The fraction of sp³-hybridized carbons (Fsp3) is 0.915. The molecule has 4 N–H and O–H groups in total. The van der Waals surface area contributed by atoms with E-state index in [9.17, 15) is 19.2 Å². The van der Waals surface area contributed by atoms with E-state index in [0.29, 0.717) is 91.9 Å². The fourth-order valence-corrected chi connectivity index (χ4v) is 16.1. The van der Waals surface area contributed by atoms with Crippen LogP contribution in [0.1, 0.15) is 207 Å². The molecule has 0 aromatic rings. The van der Waals surface area contributed by atoms with Crippen molar-refractivity contribution in [1.29, 1.82) is 0 Å². The lowest BCUT2D eigenvalue weighted by molar-refractivity contribution is -0.145. The lowest BCUT2D eigenvalue weighted by Crippen LogP contribution is -2.42. The van der Waals surface area contributed by atoms with Gasteiger partial charge in [-0.2, -0.15) is 0 Å². The van der Waals surface area contributed by atoms with Crippen molar-refractivity contribution < 1.29 is 38.1 Å². The Hall–Kier alpha value is -0.170. The molecule has 0 rings (SSSR count). The predicted octanol–water partition coefficient (Wildman–Crippen LogP) is 14.9. The standard InChI is InChI=1S/C59H116N6O8S8/c1-5-9-13-17-21-25-47-74-78-51-43-70-55(66)29-34-63(35-30-56(67)71-44-52-79-75-48-26-22-18-14-10-6-2)39-41-65(38-33-62-59(60)61)42-40-64(36-31-57(68)72-45-53-80-76-49-27-23-19-15-11-7-3)37-32-58(69)73-46-54-81-77-50-28-24-20-16-12-8-4/h5-54H2,1-4H3,(H4,60,61,62). The number of guanidine groups is 1. The SMILES string of the molecule is CCCCCCCCSSCCOC(=O)CCN(CCC(=O)OCCSSCCCCCCCC)CCN(CCN=C(N)N)CCN(CCC(=O)OCCSSCCCCCCCC)CCC(=O)OCCSSCCCCCCCC. The Bertz CT molecular complexity index is 1280. The van der Waals surface area contributed by atoms with Gasteiger partial charge >= 0.3 is 23.9 Å². The smallest absolute Gasteiger partial charge is 0.307 e. The molecule has 0 aromatic carbocycles. The van der Waals surface area contributed by atoms with E-state index >= 15 is 0 Å². The minimum Gasteiger partial charge on any atom is -0.465 e. The molecule has 0 saturated heterocycles. The second kappa shape index (κ2) is 65.8. The van der Waals surface area contributed by atoms with E-state index in [1.54, 1.807) is 43.2 Å². The van der Waals surface area contributed by atoms with Gasteiger partial charge in [-0.1, -0.05) is 242 Å². The van der Waals surface area contributed by atoms with Gasteiger partial charge < -0.3 is 40.2 Å². The maximum absolute atomic E-state index is 13.0. The maximum atomic E-state index is 13.0. The highest BCUT2D eigenvalue weighted by molar-refractivity contribution is 8.77. The molecule has 0 aliphatic heterocycles. The zero-order valence-electron chi connectivity index (χ0n) is 51.3. The molecule has 14 nitrogen and oxygen atoms in total. The minimum absolute atomic E-state index is 0.0152. The Kier molecular flexibility index (Phi) is 65.7. The van der Waals surface area contributed by atoms with Crippen molar-refractivity contribution in [1.82, 2.24) is 14.7 Å². The number of hydrogen-bond donors (Lipinski definition) is 2. The molecule has 0 saturated carbocycles. The normalized spacial score (nSPS) is 11.5. The number of ether oxygens (including phenoxy) is 4. The van der Waals surface area contributed by atoms with E-state index in [0.717, 1.165) is 46.0 Å². The van der Waals surface area contributed by atoms with Gasteiger partial charge in [0.25, 0.3) is 0 Å². The van der Waals surface area contributed by atoms with Gasteiger partial charge in [0.05, 0.1) is 32.2 Å². The first-order chi connectivity index (χ1) is 39.6. The summed E-state index contributed by atoms with van der Waals surface area (Å²) in [5.41, 5.74) is 11.5. The van der Waals surface area contributed by atoms with Crippen molar-refractivity contribution in [2.45, 2.75) is 207 Å². The highest BCUT2D eigenvalue weighted by atomic mass is 33.1. The van der Waals surface area contributed by atoms with Gasteiger partial charge in [-0.15, -0.1) is 0 Å². The lowest BCUT2D eigenvalue weighted by Gasteiger charge is -2.29. The van der Waals surface area contributed by atoms with Gasteiger partial charge in [0, 0.05) is 105 Å². The Labute approximate surface area is 526 Å². The van der Waals surface area contributed by atoms with Crippen LogP contribution in [0.5, 0.6) is 0 Å². The van der Waals surface area contributed by atoms with Crippen LogP contribution in [0.25, 0.3) is 0 Å². The third-order valence-corrected chi connectivity index (χ3v) is 22.9. The minimum atomic E-state index is -0.251. The van der Waals surface area contributed by atoms with Crippen LogP contribution in [0.4, 0.5) is 0 Å². The number of aliphatic imine (C=N–C) groups is 1. The first kappa shape index (κ1) is 80.8. The third kappa shape index (κ3) is 62.7. The first-order valence-electron chi connectivity index (χ1n) is 31.5. The van der Waals surface area contributed by atoms with Gasteiger partial charge in [0.1, 0.15) is 26.4 Å². The Balaban J connectivity index is 5.63. The van der Waals surface area contributed by atoms with Crippen molar-refractivity contribution in [3.8, 4) is 0 Å². The first-order valence-corrected chi connectivity index (χ1v) is 41.4. The summed E-state index contributed by atoms with van der Waals surface area (Å²) >= 11 is 0. The summed E-state index contributed by atoms with van der Waals surface area (Å²) in [6.07, 6.45) is 31.6. The second-order valence-electron chi connectivity index (χ2n) is 20.4. The van der Waals surface area contributed by atoms with Crippen LogP contribution >= 0.6 is 86.4 Å². The van der Waals surface area contributed by atoms with Crippen LogP contribution < -0.4 is 11.5 Å². The number of nitrogens with two attached hydrogens (primary N) is 2. The number of rotatable bonds is 65. The molecule has 22 heteroatoms. The van der Waals surface area contributed by atoms with Crippen molar-refractivity contribution in [3.05, 3.63) is 0 Å². The number of nitrogens with zero attached hydrogens (tertiary/aromatic N) is 4. The Morgan fingerprint density at radius 3 is 0.778 bits per heavy atom. The number of carbonyl (C=O) groups excluding carboxylic acids is 4. The largest absolute Gasteiger partial charge is 0.465 e. The van der Waals surface area contributed by atoms with Gasteiger partial charge in [-0.05, 0) is 25.7 Å². The molecule has 0 bridgehead atoms. The second-order valence-corrected chi connectivity index (χ2v) is 31.2. The Morgan fingerprint density at radius 2 is 0.531 bits per heavy atom. The van der Waals surface area contributed by atoms with Crippen LogP contribution in [-0.4, -0.2) is 182 Å². The zero-order chi connectivity index (χ0) is 59.2. The van der Waals surface area contributed by atoms with Crippen LogP contribution in [-0.2, 0) is 38.1 Å². The summed E-state index contributed by atoms with van der Waals surface area (Å²) in [7, 11) is 14.4. The zero-order valence-corrected chi connectivity index (χ0v) is 57.9. The molecule has 0 fully saturated rings. The average Bonchev–Trinajstić information content (AvgIpc) is 3.45. The molecule has 0 aliphatic carbocycles. The summed E-state index contributed by atoms with van der Waals surface area (Å²) in [4.78, 5) is 63.0. The summed E-state index contributed by atoms with van der Waals surface area (Å²) < 4.78 is 22.6. The number of unbranched alkanes of at least 4 members (excludes halogenated alkanes) is 20. The van der Waals surface area contributed by atoms with E-state index in [1.165, 1.54) is 154 Å². The summed E-state index contributed by atoms with van der Waals surface area (Å²) in [6, 6.07) is 0. The molecule has 0 spiro atoms. The average molecular weight is 1290 g/mol. The molecular weight excluding hydrogens is 1180 g/mol. The molecule has 0 radical (unpaired) electrons. The van der Waals surface area contributed by atoms with Gasteiger partial charge in [0.2, 0.25) is 0 Å². The van der Waals surface area contributed by atoms with Crippen LogP contribution in [0, 0.1) is 0 Å². The molecule has 0 heterocycles. The molecule has 478 valence electrons. The van der Waals surface area contributed by atoms with E-state index < -0.39 is 0 Å². The number of carbonyl (C=O) groups is 4. The monoisotopic (exact) mass is 1290 g/mol. The van der Waals surface area contributed by atoms with Gasteiger partial charge in [-0.25, -0.2) is 0 Å². The van der Waals surface area contributed by atoms with Gasteiger partial charge in [0.15, 0.2) is 5.96 Å². The molecule has 0 amide bonds. The van der Waals surface area contributed by atoms with Crippen LogP contribution in [0.15, 0.2) is 4.99 Å². The fourth-order valence-electron chi connectivity index (χ4n) is 8.17. The van der Waals surface area contributed by atoms with E-state index in [2.05, 4.69) is 47.4 Å². The summed E-state index contributed by atoms with van der Waals surface area (Å²) in [5.74, 6) is 6.45. The molecular formula is C59H116N6O8S8. The van der Waals surface area contributed by atoms with Crippen LogP contribution in [0.3, 0.4) is 0 Å². The highest BCUT2D eigenvalue weighted by Gasteiger charge is 2.18. The number of hydrogen-bond acceptors (Lipinski definition) is 20. The molecule has 0 unspecified atom stereocenters. The number of esters is 4. The summed E-state index contributed by atoms with van der Waals surface area (Å²) in [5, 5.41) is 0. The maximum Gasteiger partial charge on any atom is 0.307 e. The third-order valence-electron chi connectivity index (χ3n) is 13.1. The lowest BCUT2D eigenvalue weighted by atomic mass is 10.1. The van der Waals surface area contributed by atoms with Crippen LogP contribution in [0.2, 0.25) is 0 Å². The quantitative estimate of drug-likeness (QED) is 0.0146.